The van der Waals surface area contributed by atoms with Crippen molar-refractivity contribution in [3.8, 4) is 5.69 Å². The first-order valence-corrected chi connectivity index (χ1v) is 13.2. The zero-order valence-electron chi connectivity index (χ0n) is 20.8. The standard InChI is InChI=1S/C28H30ClN5OS/c1-18(2)22-11-14-24(15-12-22)31-27(35)30-20(4)26-32-33-28(36-17-21-8-6-5-7-9-21)34(26)25-16-23(29)13-10-19(25)3/h5-16,18,20H,17H2,1-4H3,(H2,30,31,35). The monoisotopic (exact) mass is 519 g/mol. The average molecular weight is 520 g/mol. The Hall–Kier alpha value is -3.29. The largest absolute Gasteiger partial charge is 0.328 e. The summed E-state index contributed by atoms with van der Waals surface area (Å²) in [5.74, 6) is 1.80. The molecule has 36 heavy (non-hydrogen) atoms. The molecule has 0 aliphatic heterocycles. The Bertz CT molecular complexity index is 1320. The van der Waals surface area contributed by atoms with Gasteiger partial charge in [-0.3, -0.25) is 4.57 Å². The minimum Gasteiger partial charge on any atom is -0.328 e. The highest BCUT2D eigenvalue weighted by Gasteiger charge is 2.22. The van der Waals surface area contributed by atoms with Gasteiger partial charge in [-0.15, -0.1) is 10.2 Å². The fourth-order valence-electron chi connectivity index (χ4n) is 3.81. The fraction of sp³-hybridized carbons (Fsp3) is 0.250. The normalized spacial score (nSPS) is 11.9. The quantitative estimate of drug-likeness (QED) is 0.236. The average Bonchev–Trinajstić information content (AvgIpc) is 3.29. The number of nitrogens with zero attached hydrogens (tertiary/aromatic N) is 3. The van der Waals surface area contributed by atoms with Gasteiger partial charge in [0.2, 0.25) is 0 Å². The molecular formula is C28H30ClN5OS. The minimum atomic E-state index is -0.406. The van der Waals surface area contributed by atoms with Crippen LogP contribution in [0, 0.1) is 6.92 Å². The Morgan fingerprint density at radius 2 is 1.72 bits per heavy atom. The van der Waals surface area contributed by atoms with Gasteiger partial charge in [0.05, 0.1) is 11.7 Å². The highest BCUT2D eigenvalue weighted by Crippen LogP contribution is 2.30. The number of rotatable bonds is 8. The maximum absolute atomic E-state index is 12.8. The number of carbonyl (C=O) groups is 1. The highest BCUT2D eigenvalue weighted by molar-refractivity contribution is 7.98. The van der Waals surface area contributed by atoms with Crippen LogP contribution in [0.25, 0.3) is 5.69 Å². The van der Waals surface area contributed by atoms with Crippen LogP contribution < -0.4 is 10.6 Å². The number of anilines is 1. The number of urea groups is 1. The van der Waals surface area contributed by atoms with E-state index < -0.39 is 6.04 Å². The van der Waals surface area contributed by atoms with Crippen molar-refractivity contribution in [1.82, 2.24) is 20.1 Å². The number of aromatic nitrogens is 3. The van der Waals surface area contributed by atoms with Gasteiger partial charge >= 0.3 is 6.03 Å². The smallest absolute Gasteiger partial charge is 0.319 e. The summed E-state index contributed by atoms with van der Waals surface area (Å²) in [6, 6.07) is 23.1. The van der Waals surface area contributed by atoms with E-state index in [9.17, 15) is 4.79 Å². The van der Waals surface area contributed by atoms with Crippen LogP contribution in [-0.2, 0) is 5.75 Å². The molecule has 0 aliphatic rings. The molecule has 8 heteroatoms. The van der Waals surface area contributed by atoms with E-state index in [1.54, 1.807) is 11.8 Å². The van der Waals surface area contributed by atoms with E-state index in [-0.39, 0.29) is 6.03 Å². The molecule has 4 rings (SSSR count). The molecule has 0 bridgehead atoms. The molecule has 1 aromatic heterocycles. The van der Waals surface area contributed by atoms with E-state index in [0.29, 0.717) is 16.8 Å². The van der Waals surface area contributed by atoms with Crippen molar-refractivity contribution in [3.63, 3.8) is 0 Å². The second-order valence-electron chi connectivity index (χ2n) is 8.98. The molecule has 1 heterocycles. The van der Waals surface area contributed by atoms with Crippen LogP contribution in [0.2, 0.25) is 5.02 Å². The van der Waals surface area contributed by atoms with Gasteiger partial charge in [-0.1, -0.05) is 85.7 Å². The van der Waals surface area contributed by atoms with Crippen molar-refractivity contribution < 1.29 is 4.79 Å². The topological polar surface area (TPSA) is 71.8 Å². The SMILES string of the molecule is Cc1ccc(Cl)cc1-n1c(SCc2ccccc2)nnc1C(C)NC(=O)Nc1ccc(C(C)C)cc1. The summed E-state index contributed by atoms with van der Waals surface area (Å²) in [5.41, 5.74) is 5.06. The first-order valence-electron chi connectivity index (χ1n) is 11.9. The first kappa shape index (κ1) is 25.8. The first-order chi connectivity index (χ1) is 17.3. The van der Waals surface area contributed by atoms with Gasteiger partial charge in [0, 0.05) is 16.5 Å². The van der Waals surface area contributed by atoms with Gasteiger partial charge in [-0.25, -0.2) is 4.79 Å². The third-order valence-electron chi connectivity index (χ3n) is 5.85. The molecule has 2 N–H and O–H groups in total. The lowest BCUT2D eigenvalue weighted by atomic mass is 10.0. The molecule has 186 valence electrons. The van der Waals surface area contributed by atoms with E-state index in [2.05, 4.69) is 46.8 Å². The number of aryl methyl sites for hydroxylation is 1. The number of hydrogen-bond donors (Lipinski definition) is 2. The van der Waals surface area contributed by atoms with Gasteiger partial charge in [-0.05, 0) is 60.7 Å². The fourth-order valence-corrected chi connectivity index (χ4v) is 4.88. The van der Waals surface area contributed by atoms with Crippen molar-refractivity contribution >= 4 is 35.1 Å². The van der Waals surface area contributed by atoms with Crippen molar-refractivity contribution in [1.29, 1.82) is 0 Å². The lowest BCUT2D eigenvalue weighted by molar-refractivity contribution is 0.249. The maximum atomic E-state index is 12.8. The second kappa shape index (κ2) is 11.6. The molecule has 4 aromatic rings. The van der Waals surface area contributed by atoms with Gasteiger partial charge < -0.3 is 10.6 Å². The second-order valence-corrected chi connectivity index (χ2v) is 10.4. The predicted octanol–water partition coefficient (Wildman–Crippen LogP) is 7.53. The van der Waals surface area contributed by atoms with Crippen LogP contribution in [0.1, 0.15) is 55.2 Å². The molecule has 0 fully saturated rings. The van der Waals surface area contributed by atoms with Crippen molar-refractivity contribution in [2.45, 2.75) is 50.6 Å². The van der Waals surface area contributed by atoms with Gasteiger partial charge in [0.1, 0.15) is 0 Å². The van der Waals surface area contributed by atoms with E-state index in [4.69, 9.17) is 11.6 Å². The minimum absolute atomic E-state index is 0.310. The Kier molecular flexibility index (Phi) is 8.33. The molecule has 3 aromatic carbocycles. The summed E-state index contributed by atoms with van der Waals surface area (Å²) < 4.78 is 1.98. The van der Waals surface area contributed by atoms with Crippen LogP contribution in [0.4, 0.5) is 10.5 Å². The molecule has 1 atom stereocenters. The number of halogens is 1. The molecule has 0 saturated heterocycles. The van der Waals surface area contributed by atoms with Crippen LogP contribution >= 0.6 is 23.4 Å². The number of benzene rings is 3. The summed E-state index contributed by atoms with van der Waals surface area (Å²) in [7, 11) is 0. The molecular weight excluding hydrogens is 490 g/mol. The van der Waals surface area contributed by atoms with Gasteiger partial charge in [-0.2, -0.15) is 0 Å². The van der Waals surface area contributed by atoms with Crippen molar-refractivity contribution in [2.75, 3.05) is 5.32 Å². The van der Waals surface area contributed by atoms with E-state index in [1.807, 2.05) is 79.1 Å². The Morgan fingerprint density at radius 3 is 2.42 bits per heavy atom. The predicted molar refractivity (Wildman–Crippen MR) is 148 cm³/mol. The number of nitrogens with one attached hydrogen (secondary N) is 2. The van der Waals surface area contributed by atoms with E-state index in [1.165, 1.54) is 11.1 Å². The van der Waals surface area contributed by atoms with Crippen LogP contribution in [0.3, 0.4) is 0 Å². The lowest BCUT2D eigenvalue weighted by Crippen LogP contribution is -2.32. The molecule has 6 nitrogen and oxygen atoms in total. The van der Waals surface area contributed by atoms with Crippen LogP contribution in [0.15, 0.2) is 78.0 Å². The number of amides is 2. The summed E-state index contributed by atoms with van der Waals surface area (Å²) in [6.45, 7) is 8.20. The van der Waals surface area contributed by atoms with Crippen LogP contribution in [-0.4, -0.2) is 20.8 Å². The lowest BCUT2D eigenvalue weighted by Gasteiger charge is -2.18. The third-order valence-corrected chi connectivity index (χ3v) is 7.09. The van der Waals surface area contributed by atoms with E-state index >= 15 is 0 Å². The zero-order valence-corrected chi connectivity index (χ0v) is 22.4. The molecule has 1 unspecified atom stereocenters. The zero-order chi connectivity index (χ0) is 25.7. The van der Waals surface area contributed by atoms with Crippen molar-refractivity contribution in [3.05, 3.63) is 100 Å². The Labute approximate surface area is 221 Å². The van der Waals surface area contributed by atoms with Crippen molar-refractivity contribution in [2.24, 2.45) is 0 Å². The summed E-state index contributed by atoms with van der Waals surface area (Å²) >= 11 is 7.95. The number of hydrogen-bond acceptors (Lipinski definition) is 4. The molecule has 0 aliphatic carbocycles. The summed E-state index contributed by atoms with van der Waals surface area (Å²) in [5, 5.41) is 16.2. The number of carbonyl (C=O) groups excluding carboxylic acids is 1. The highest BCUT2D eigenvalue weighted by atomic mass is 35.5. The van der Waals surface area contributed by atoms with E-state index in [0.717, 1.165) is 27.8 Å². The van der Waals surface area contributed by atoms with Crippen LogP contribution in [0.5, 0.6) is 0 Å². The molecule has 2 amide bonds. The summed E-state index contributed by atoms with van der Waals surface area (Å²) in [4.78, 5) is 12.8. The van der Waals surface area contributed by atoms with Gasteiger partial charge in [0.25, 0.3) is 0 Å². The molecule has 0 radical (unpaired) electrons. The summed E-state index contributed by atoms with van der Waals surface area (Å²) in [6.07, 6.45) is 0. The Morgan fingerprint density at radius 1 is 1.00 bits per heavy atom. The number of thioether (sulfide) groups is 1. The third kappa shape index (κ3) is 6.28. The molecule has 0 saturated carbocycles. The maximum Gasteiger partial charge on any atom is 0.319 e. The molecule has 0 spiro atoms. The Balaban J connectivity index is 1.57. The van der Waals surface area contributed by atoms with Gasteiger partial charge in [0.15, 0.2) is 11.0 Å².